The lowest BCUT2D eigenvalue weighted by molar-refractivity contribution is -0.252. The largest absolute Gasteiger partial charge is 0.445 e. The molecule has 4 aromatic carbocycles. The highest BCUT2D eigenvalue weighted by atomic mass is 16.7. The Bertz CT molecular complexity index is 2080. The maximum atomic E-state index is 13.3. The Morgan fingerprint density at radius 2 is 1.61 bits per heavy atom. The van der Waals surface area contributed by atoms with Crippen molar-refractivity contribution in [2.75, 3.05) is 20.1 Å². The summed E-state index contributed by atoms with van der Waals surface area (Å²) < 4.78 is 18.5. The van der Waals surface area contributed by atoms with Crippen LogP contribution in [0.1, 0.15) is 58.7 Å². The summed E-state index contributed by atoms with van der Waals surface area (Å²) in [6.07, 6.45) is 1.50. The van der Waals surface area contributed by atoms with Gasteiger partial charge < -0.3 is 29.5 Å². The summed E-state index contributed by atoms with van der Waals surface area (Å²) in [5, 5.41) is 12.2. The van der Waals surface area contributed by atoms with Crippen molar-refractivity contribution in [1.29, 1.82) is 0 Å². The summed E-state index contributed by atoms with van der Waals surface area (Å²) in [6.45, 7) is 1.64. The molecule has 0 aliphatic carbocycles. The molecule has 2 aliphatic rings. The molecule has 1 aromatic heterocycles. The Hall–Kier alpha value is -5.72. The fraction of sp³-hybridized carbons (Fsp3) is 0.289. The van der Waals surface area contributed by atoms with E-state index in [4.69, 9.17) is 14.2 Å². The zero-order valence-electron chi connectivity index (χ0n) is 31.3. The number of hydrogen-bond acceptors (Lipinski definition) is 9. The van der Waals surface area contributed by atoms with Crippen LogP contribution >= 0.6 is 0 Å². The van der Waals surface area contributed by atoms with Gasteiger partial charge in [-0.2, -0.15) is 0 Å². The van der Waals surface area contributed by atoms with Gasteiger partial charge in [0.1, 0.15) is 12.6 Å². The Morgan fingerprint density at radius 1 is 0.875 bits per heavy atom. The number of pyridine rings is 1. The molecule has 4 unspecified atom stereocenters. The van der Waals surface area contributed by atoms with Crippen molar-refractivity contribution < 1.29 is 33.7 Å². The number of rotatable bonds is 14. The fourth-order valence-electron chi connectivity index (χ4n) is 7.12. The number of benzene rings is 4. The number of aliphatic hydroxyl groups excluding tert-OH is 1. The first-order chi connectivity index (χ1) is 27.3. The third kappa shape index (κ3) is 9.74. The third-order valence-electron chi connectivity index (χ3n) is 10.2. The molecule has 11 heteroatoms. The maximum absolute atomic E-state index is 13.3. The number of hydrogen-bond donors (Lipinski definition) is 2. The first kappa shape index (κ1) is 38.6. The van der Waals surface area contributed by atoms with Gasteiger partial charge in [-0.15, -0.1) is 0 Å². The van der Waals surface area contributed by atoms with Crippen molar-refractivity contribution >= 4 is 17.9 Å². The average Bonchev–Trinajstić information content (AvgIpc) is 3.50. The lowest BCUT2D eigenvalue weighted by atomic mass is 9.97. The van der Waals surface area contributed by atoms with Crippen LogP contribution in [-0.4, -0.2) is 70.1 Å². The predicted molar refractivity (Wildman–Crippen MR) is 209 cm³/mol. The molecule has 3 heterocycles. The Kier molecular flexibility index (Phi) is 12.6. The van der Waals surface area contributed by atoms with Crippen molar-refractivity contribution in [2.24, 2.45) is 0 Å². The molecule has 7 rings (SSSR count). The zero-order valence-corrected chi connectivity index (χ0v) is 31.3. The smallest absolute Gasteiger partial charge is 0.408 e. The molecule has 3 amide bonds. The van der Waals surface area contributed by atoms with E-state index in [9.17, 15) is 19.5 Å². The van der Waals surface area contributed by atoms with E-state index >= 15 is 0 Å². The minimum absolute atomic E-state index is 0.0227. The SMILES string of the molecule is CN(CCc1ccccn1)CC1CC(c2ccc(CO)cc2)OC(c2ccc(-c3ccccc3CN3C(=O)CC(NC(=O)OCc4ccccc4)C3=O)cc2)O1. The lowest BCUT2D eigenvalue weighted by Gasteiger charge is -2.38. The predicted octanol–water partition coefficient (Wildman–Crippen LogP) is 6.51. The first-order valence-corrected chi connectivity index (χ1v) is 18.9. The maximum Gasteiger partial charge on any atom is 0.408 e. The molecule has 4 atom stereocenters. The van der Waals surface area contributed by atoms with Gasteiger partial charge in [0.05, 0.1) is 31.8 Å². The van der Waals surface area contributed by atoms with Gasteiger partial charge in [0, 0.05) is 43.4 Å². The van der Waals surface area contributed by atoms with Crippen molar-refractivity contribution in [1.82, 2.24) is 20.1 Å². The van der Waals surface area contributed by atoms with Crippen LogP contribution in [0, 0.1) is 0 Å². The van der Waals surface area contributed by atoms with Gasteiger partial charge in [-0.3, -0.25) is 19.5 Å². The number of imide groups is 1. The fourth-order valence-corrected chi connectivity index (χ4v) is 7.12. The van der Waals surface area contributed by atoms with E-state index in [0.29, 0.717) is 13.0 Å². The molecule has 2 fully saturated rings. The number of nitrogens with zero attached hydrogens (tertiary/aromatic N) is 3. The second kappa shape index (κ2) is 18.3. The second-order valence-electron chi connectivity index (χ2n) is 14.2. The van der Waals surface area contributed by atoms with Gasteiger partial charge in [0.15, 0.2) is 6.29 Å². The number of carbonyl (C=O) groups excluding carboxylic acids is 3. The van der Waals surface area contributed by atoms with E-state index in [1.807, 2.05) is 128 Å². The van der Waals surface area contributed by atoms with Crippen molar-refractivity contribution in [3.63, 3.8) is 0 Å². The number of amides is 3. The molecule has 0 bridgehead atoms. The molecule has 2 saturated heterocycles. The standard InChI is InChI=1S/C45H46N4O7/c1-48(24-22-37-12-7-8-23-46-37)28-38-25-41(34-16-14-31(29-50)15-17-34)56-44(55-38)35-20-18-33(19-21-35)39-13-6-5-11-36(39)27-49-42(51)26-40(43(49)52)47-45(53)54-30-32-9-3-2-4-10-32/h2-21,23,38,40-41,44,50H,22,24-30H2,1H3,(H,47,53). The number of nitrogens with one attached hydrogen (secondary N) is 1. The van der Waals surface area contributed by atoms with Crippen molar-refractivity contribution in [2.45, 2.75) is 63.6 Å². The number of alkyl carbamates (subject to hydrolysis) is 1. The van der Waals surface area contributed by atoms with E-state index in [1.54, 1.807) is 0 Å². The molecular weight excluding hydrogens is 709 g/mol. The molecule has 288 valence electrons. The van der Waals surface area contributed by atoms with E-state index in [1.165, 1.54) is 4.90 Å². The molecule has 2 aliphatic heterocycles. The first-order valence-electron chi connectivity index (χ1n) is 18.9. The Labute approximate surface area is 326 Å². The summed E-state index contributed by atoms with van der Waals surface area (Å²) in [6, 6.07) is 37.7. The molecular formula is C45H46N4O7. The van der Waals surface area contributed by atoms with E-state index in [-0.39, 0.29) is 44.3 Å². The average molecular weight is 755 g/mol. The quantitative estimate of drug-likeness (QED) is 0.122. The van der Waals surface area contributed by atoms with Gasteiger partial charge in [0.2, 0.25) is 5.91 Å². The number of likely N-dealkylation sites (tertiary alicyclic amines) is 1. The highest BCUT2D eigenvalue weighted by Gasteiger charge is 2.40. The van der Waals surface area contributed by atoms with Gasteiger partial charge in [-0.1, -0.05) is 109 Å². The summed E-state index contributed by atoms with van der Waals surface area (Å²) in [4.78, 5) is 46.8. The van der Waals surface area contributed by atoms with Gasteiger partial charge in [-0.05, 0) is 52.6 Å². The zero-order chi connectivity index (χ0) is 38.9. The molecule has 11 nitrogen and oxygen atoms in total. The lowest BCUT2D eigenvalue weighted by Crippen LogP contribution is -2.41. The molecule has 0 radical (unpaired) electrons. The van der Waals surface area contributed by atoms with E-state index < -0.39 is 24.3 Å². The topological polar surface area (TPSA) is 131 Å². The number of ether oxygens (including phenoxy) is 3. The van der Waals surface area contributed by atoms with Crippen LogP contribution in [0.3, 0.4) is 0 Å². The molecule has 2 N–H and O–H groups in total. The molecule has 0 saturated carbocycles. The second-order valence-corrected chi connectivity index (χ2v) is 14.2. The van der Waals surface area contributed by atoms with Crippen LogP contribution < -0.4 is 5.32 Å². The molecule has 56 heavy (non-hydrogen) atoms. The minimum Gasteiger partial charge on any atom is -0.445 e. The van der Waals surface area contributed by atoms with Crippen molar-refractivity contribution in [3.8, 4) is 11.1 Å². The van der Waals surface area contributed by atoms with Gasteiger partial charge in [0.25, 0.3) is 5.91 Å². The van der Waals surface area contributed by atoms with Gasteiger partial charge >= 0.3 is 6.09 Å². The number of carbonyl (C=O) groups is 3. The summed E-state index contributed by atoms with van der Waals surface area (Å²) in [7, 11) is 2.09. The van der Waals surface area contributed by atoms with Crippen LogP contribution in [0.2, 0.25) is 0 Å². The highest BCUT2D eigenvalue weighted by molar-refractivity contribution is 6.06. The van der Waals surface area contributed by atoms with Gasteiger partial charge in [-0.25, -0.2) is 4.79 Å². The third-order valence-corrected chi connectivity index (χ3v) is 10.2. The van der Waals surface area contributed by atoms with Crippen molar-refractivity contribution in [3.05, 3.63) is 161 Å². The van der Waals surface area contributed by atoms with E-state index in [0.717, 1.165) is 57.6 Å². The Morgan fingerprint density at radius 3 is 2.36 bits per heavy atom. The molecule has 5 aromatic rings. The normalized spacial score (nSPS) is 19.7. The van der Waals surface area contributed by atoms with Crippen LogP contribution in [0.5, 0.6) is 0 Å². The van der Waals surface area contributed by atoms with Crippen LogP contribution in [0.15, 0.2) is 128 Å². The summed E-state index contributed by atoms with van der Waals surface area (Å²) in [5.41, 5.74) is 7.16. The van der Waals surface area contributed by atoms with Crippen LogP contribution in [0.25, 0.3) is 11.1 Å². The molecule has 0 spiro atoms. The van der Waals surface area contributed by atoms with E-state index in [2.05, 4.69) is 22.2 Å². The number of aliphatic hydroxyl groups is 1. The Balaban J connectivity index is 1.02. The number of likely N-dealkylation sites (N-methyl/N-ethyl adjacent to an activating group) is 1. The minimum atomic E-state index is -0.992. The van der Waals surface area contributed by atoms with Crippen LogP contribution in [0.4, 0.5) is 4.79 Å². The monoisotopic (exact) mass is 754 g/mol. The summed E-state index contributed by atoms with van der Waals surface area (Å²) >= 11 is 0. The summed E-state index contributed by atoms with van der Waals surface area (Å²) in [5.74, 6) is -0.835. The number of aromatic nitrogens is 1. The van der Waals surface area contributed by atoms with Crippen LogP contribution in [-0.2, 0) is 50.0 Å². The highest BCUT2D eigenvalue weighted by Crippen LogP contribution is 2.39.